The number of hydrogen-bond donors (Lipinski definition) is 1. The molecular weight excluding hydrogens is 198 g/mol. The van der Waals surface area contributed by atoms with Crippen LogP contribution in [0.1, 0.15) is 32.6 Å². The molecule has 3 heterocycles. The van der Waals surface area contributed by atoms with Gasteiger partial charge in [-0.3, -0.25) is 4.90 Å². The minimum Gasteiger partial charge on any atom is -0.311 e. The second kappa shape index (κ2) is 4.63. The first-order chi connectivity index (χ1) is 7.85. The largest absolute Gasteiger partial charge is 0.311 e. The van der Waals surface area contributed by atoms with Gasteiger partial charge in [-0.15, -0.1) is 0 Å². The van der Waals surface area contributed by atoms with Gasteiger partial charge in [0.15, 0.2) is 0 Å². The molecule has 0 aromatic heterocycles. The van der Waals surface area contributed by atoms with E-state index in [1.54, 1.807) is 0 Å². The zero-order valence-electron chi connectivity index (χ0n) is 10.5. The van der Waals surface area contributed by atoms with Crippen molar-refractivity contribution in [3.63, 3.8) is 0 Å². The fraction of sp³-hybridized carbons (Fsp3) is 1.00. The van der Waals surface area contributed by atoms with Gasteiger partial charge in [0, 0.05) is 44.3 Å². The highest BCUT2D eigenvalue weighted by atomic mass is 15.3. The highest BCUT2D eigenvalue weighted by Gasteiger charge is 2.36. The van der Waals surface area contributed by atoms with Gasteiger partial charge in [0.1, 0.15) is 0 Å². The van der Waals surface area contributed by atoms with Crippen molar-refractivity contribution in [3.05, 3.63) is 0 Å². The Labute approximate surface area is 99.2 Å². The number of piperazine rings is 1. The van der Waals surface area contributed by atoms with E-state index < -0.39 is 0 Å². The van der Waals surface area contributed by atoms with Gasteiger partial charge < -0.3 is 10.2 Å². The summed E-state index contributed by atoms with van der Waals surface area (Å²) >= 11 is 0. The number of nitrogens with one attached hydrogen (secondary N) is 1. The molecule has 16 heavy (non-hydrogen) atoms. The van der Waals surface area contributed by atoms with Crippen molar-refractivity contribution in [1.29, 1.82) is 0 Å². The number of piperidine rings is 1. The van der Waals surface area contributed by atoms with Crippen LogP contribution in [0.5, 0.6) is 0 Å². The van der Waals surface area contributed by atoms with E-state index >= 15 is 0 Å². The Hall–Kier alpha value is -0.120. The fourth-order valence-corrected chi connectivity index (χ4v) is 3.77. The zero-order valence-corrected chi connectivity index (χ0v) is 10.5. The van der Waals surface area contributed by atoms with Crippen LogP contribution < -0.4 is 5.32 Å². The zero-order chi connectivity index (χ0) is 11.0. The summed E-state index contributed by atoms with van der Waals surface area (Å²) in [6.45, 7) is 8.69. The van der Waals surface area contributed by atoms with Crippen molar-refractivity contribution >= 4 is 0 Å². The summed E-state index contributed by atoms with van der Waals surface area (Å²) in [5.41, 5.74) is 0. The lowest BCUT2D eigenvalue weighted by Gasteiger charge is -2.42. The quantitative estimate of drug-likeness (QED) is 0.750. The number of fused-ring (bicyclic) bond motifs is 2. The average Bonchev–Trinajstić information content (AvgIpc) is 2.68. The van der Waals surface area contributed by atoms with Gasteiger partial charge in [0.25, 0.3) is 0 Å². The van der Waals surface area contributed by atoms with Gasteiger partial charge in [-0.25, -0.2) is 0 Å². The van der Waals surface area contributed by atoms with Crippen LogP contribution in [0.15, 0.2) is 0 Å². The third-order valence-electron chi connectivity index (χ3n) is 4.82. The van der Waals surface area contributed by atoms with E-state index in [1.165, 1.54) is 58.4 Å². The summed E-state index contributed by atoms with van der Waals surface area (Å²) in [6, 6.07) is 2.57. The van der Waals surface area contributed by atoms with Gasteiger partial charge in [-0.2, -0.15) is 0 Å². The Bertz CT molecular complexity index is 223. The predicted molar refractivity (Wildman–Crippen MR) is 66.7 cm³/mol. The molecule has 3 aliphatic rings. The first-order valence-electron chi connectivity index (χ1n) is 7.07. The summed E-state index contributed by atoms with van der Waals surface area (Å²) in [5.74, 6) is 0. The molecule has 3 rings (SSSR count). The Morgan fingerprint density at radius 3 is 2.19 bits per heavy atom. The molecular formula is C13H25N3. The minimum absolute atomic E-state index is 0.841. The van der Waals surface area contributed by atoms with Crippen molar-refractivity contribution in [1.82, 2.24) is 15.1 Å². The first-order valence-corrected chi connectivity index (χ1v) is 7.07. The van der Waals surface area contributed by atoms with Crippen molar-refractivity contribution in [2.45, 2.75) is 50.7 Å². The van der Waals surface area contributed by atoms with E-state index in [1.807, 2.05) is 0 Å². The van der Waals surface area contributed by atoms with Gasteiger partial charge >= 0.3 is 0 Å². The first kappa shape index (κ1) is 11.0. The normalized spacial score (nSPS) is 41.4. The molecule has 0 amide bonds. The Kier molecular flexibility index (Phi) is 3.18. The van der Waals surface area contributed by atoms with E-state index in [4.69, 9.17) is 0 Å². The Morgan fingerprint density at radius 2 is 1.62 bits per heavy atom. The second-order valence-electron chi connectivity index (χ2n) is 5.73. The summed E-state index contributed by atoms with van der Waals surface area (Å²) < 4.78 is 0. The molecule has 1 N–H and O–H groups in total. The van der Waals surface area contributed by atoms with Crippen molar-refractivity contribution < 1.29 is 0 Å². The van der Waals surface area contributed by atoms with E-state index in [0.29, 0.717) is 0 Å². The fourth-order valence-electron chi connectivity index (χ4n) is 3.77. The van der Waals surface area contributed by atoms with Gasteiger partial charge in [-0.1, -0.05) is 6.92 Å². The summed E-state index contributed by atoms with van der Waals surface area (Å²) in [4.78, 5) is 5.34. The number of hydrogen-bond acceptors (Lipinski definition) is 3. The predicted octanol–water partition coefficient (Wildman–Crippen LogP) is 0.907. The monoisotopic (exact) mass is 223 g/mol. The summed E-state index contributed by atoms with van der Waals surface area (Å²) in [5, 5.41) is 3.74. The highest BCUT2D eigenvalue weighted by Crippen LogP contribution is 2.30. The minimum atomic E-state index is 0.841. The third-order valence-corrected chi connectivity index (χ3v) is 4.82. The molecule has 3 aliphatic heterocycles. The number of rotatable bonds is 2. The standard InChI is InChI=1S/C13H25N3/c1-2-15-5-7-16(8-6-15)13-9-11-3-4-12(10-13)14-11/h11-14H,2-10H2,1H3/t11-,12+,13?. The topological polar surface area (TPSA) is 18.5 Å². The molecule has 1 unspecified atom stereocenters. The molecule has 3 nitrogen and oxygen atoms in total. The molecule has 0 aromatic rings. The van der Waals surface area contributed by atoms with Crippen LogP contribution in [0.4, 0.5) is 0 Å². The summed E-state index contributed by atoms with van der Waals surface area (Å²) in [6.07, 6.45) is 5.66. The smallest absolute Gasteiger partial charge is 0.0126 e. The van der Waals surface area contributed by atoms with E-state index in [0.717, 1.165) is 18.1 Å². The molecule has 0 aliphatic carbocycles. The second-order valence-corrected chi connectivity index (χ2v) is 5.73. The van der Waals surface area contributed by atoms with Crippen LogP contribution in [-0.2, 0) is 0 Å². The van der Waals surface area contributed by atoms with Crippen LogP contribution in [0.3, 0.4) is 0 Å². The molecule has 3 heteroatoms. The highest BCUT2D eigenvalue weighted by molar-refractivity contribution is 4.96. The van der Waals surface area contributed by atoms with Crippen LogP contribution in [-0.4, -0.2) is 60.6 Å². The maximum Gasteiger partial charge on any atom is 0.0126 e. The molecule has 92 valence electrons. The SMILES string of the molecule is CCN1CCN(C2C[C@H]3CC[C@@H](C2)N3)CC1. The molecule has 0 saturated carbocycles. The van der Waals surface area contributed by atoms with Gasteiger partial charge in [-0.05, 0) is 32.2 Å². The Balaban J connectivity index is 1.54. The maximum atomic E-state index is 3.74. The lowest BCUT2D eigenvalue weighted by Crippen LogP contribution is -2.54. The molecule has 3 saturated heterocycles. The van der Waals surface area contributed by atoms with Gasteiger partial charge in [0.2, 0.25) is 0 Å². The van der Waals surface area contributed by atoms with Crippen molar-refractivity contribution in [3.8, 4) is 0 Å². The molecule has 0 radical (unpaired) electrons. The van der Waals surface area contributed by atoms with E-state index in [-0.39, 0.29) is 0 Å². The molecule has 3 fully saturated rings. The van der Waals surface area contributed by atoms with Crippen molar-refractivity contribution in [2.24, 2.45) is 0 Å². The van der Waals surface area contributed by atoms with Crippen molar-refractivity contribution in [2.75, 3.05) is 32.7 Å². The molecule has 0 aromatic carbocycles. The maximum absolute atomic E-state index is 3.74. The Morgan fingerprint density at radius 1 is 1.00 bits per heavy atom. The van der Waals surface area contributed by atoms with Crippen LogP contribution >= 0.6 is 0 Å². The molecule has 0 spiro atoms. The number of likely N-dealkylation sites (N-methyl/N-ethyl adjacent to an activating group) is 1. The van der Waals surface area contributed by atoms with Crippen LogP contribution in [0.2, 0.25) is 0 Å². The van der Waals surface area contributed by atoms with E-state index in [2.05, 4.69) is 22.0 Å². The average molecular weight is 223 g/mol. The van der Waals surface area contributed by atoms with Crippen LogP contribution in [0.25, 0.3) is 0 Å². The molecule has 3 atom stereocenters. The van der Waals surface area contributed by atoms with Gasteiger partial charge in [0.05, 0.1) is 0 Å². The third kappa shape index (κ3) is 2.13. The lowest BCUT2D eigenvalue weighted by atomic mass is 9.97. The number of nitrogens with zero attached hydrogens (tertiary/aromatic N) is 2. The lowest BCUT2D eigenvalue weighted by molar-refractivity contribution is 0.0750. The van der Waals surface area contributed by atoms with Crippen LogP contribution in [0, 0.1) is 0 Å². The molecule has 2 bridgehead atoms. The summed E-state index contributed by atoms with van der Waals surface area (Å²) in [7, 11) is 0. The van der Waals surface area contributed by atoms with E-state index in [9.17, 15) is 0 Å².